The van der Waals surface area contributed by atoms with E-state index in [0.29, 0.717) is 18.1 Å². The summed E-state index contributed by atoms with van der Waals surface area (Å²) in [5.74, 6) is 0.521. The number of nitrogens with one attached hydrogen (secondary N) is 1. The fraction of sp³-hybridized carbons (Fsp3) is 0.438. The van der Waals surface area contributed by atoms with Crippen molar-refractivity contribution in [3.63, 3.8) is 0 Å². The maximum atomic E-state index is 5.72. The number of rotatable bonds is 3. The fourth-order valence-corrected chi connectivity index (χ4v) is 3.11. The SMILES string of the molecule is CNC(c1cccc2cccnc12)C1COC(C)C1. The van der Waals surface area contributed by atoms with Crippen molar-refractivity contribution in [1.82, 2.24) is 10.3 Å². The minimum atomic E-state index is 0.309. The summed E-state index contributed by atoms with van der Waals surface area (Å²) >= 11 is 0. The number of pyridine rings is 1. The second kappa shape index (κ2) is 5.27. The van der Waals surface area contributed by atoms with Crippen LogP contribution in [0.4, 0.5) is 0 Å². The monoisotopic (exact) mass is 256 g/mol. The van der Waals surface area contributed by atoms with Crippen molar-refractivity contribution < 1.29 is 4.74 Å². The van der Waals surface area contributed by atoms with Crippen LogP contribution < -0.4 is 5.32 Å². The van der Waals surface area contributed by atoms with Crippen LogP contribution in [0.15, 0.2) is 36.5 Å². The summed E-state index contributed by atoms with van der Waals surface area (Å²) in [6, 6.07) is 10.8. The van der Waals surface area contributed by atoms with Gasteiger partial charge in [0, 0.05) is 23.5 Å². The van der Waals surface area contributed by atoms with Gasteiger partial charge in [-0.05, 0) is 32.0 Å². The maximum Gasteiger partial charge on any atom is 0.0749 e. The summed E-state index contributed by atoms with van der Waals surface area (Å²) in [5, 5.41) is 4.65. The van der Waals surface area contributed by atoms with Gasteiger partial charge in [0.05, 0.1) is 18.2 Å². The number of aromatic nitrogens is 1. The van der Waals surface area contributed by atoms with Crippen LogP contribution in [0.2, 0.25) is 0 Å². The zero-order chi connectivity index (χ0) is 13.2. The van der Waals surface area contributed by atoms with Crippen LogP contribution in [0.3, 0.4) is 0 Å². The molecule has 2 heterocycles. The normalized spacial score (nSPS) is 24.7. The Morgan fingerprint density at radius 3 is 2.89 bits per heavy atom. The van der Waals surface area contributed by atoms with Crippen LogP contribution in [-0.4, -0.2) is 24.7 Å². The van der Waals surface area contributed by atoms with Gasteiger partial charge in [-0.2, -0.15) is 0 Å². The molecule has 19 heavy (non-hydrogen) atoms. The van der Waals surface area contributed by atoms with Gasteiger partial charge < -0.3 is 10.1 Å². The minimum absolute atomic E-state index is 0.309. The summed E-state index contributed by atoms with van der Waals surface area (Å²) in [5.41, 5.74) is 2.38. The predicted molar refractivity (Wildman–Crippen MR) is 77.1 cm³/mol. The number of fused-ring (bicyclic) bond motifs is 1. The molecule has 1 aliphatic heterocycles. The zero-order valence-electron chi connectivity index (χ0n) is 11.5. The molecule has 1 aromatic carbocycles. The lowest BCUT2D eigenvalue weighted by atomic mass is 9.90. The third-order valence-electron chi connectivity index (χ3n) is 4.01. The van der Waals surface area contributed by atoms with E-state index in [9.17, 15) is 0 Å². The van der Waals surface area contributed by atoms with Crippen molar-refractivity contribution in [2.75, 3.05) is 13.7 Å². The van der Waals surface area contributed by atoms with Gasteiger partial charge in [0.25, 0.3) is 0 Å². The Hall–Kier alpha value is -1.45. The van der Waals surface area contributed by atoms with E-state index in [1.165, 1.54) is 10.9 Å². The highest BCUT2D eigenvalue weighted by Gasteiger charge is 2.30. The minimum Gasteiger partial charge on any atom is -0.378 e. The van der Waals surface area contributed by atoms with E-state index >= 15 is 0 Å². The number of para-hydroxylation sites is 1. The predicted octanol–water partition coefficient (Wildman–Crippen LogP) is 2.92. The number of benzene rings is 1. The second-order valence-electron chi connectivity index (χ2n) is 5.33. The Labute approximate surface area is 114 Å². The van der Waals surface area contributed by atoms with Crippen molar-refractivity contribution in [3.05, 3.63) is 42.1 Å². The Balaban J connectivity index is 2.01. The van der Waals surface area contributed by atoms with Gasteiger partial charge >= 0.3 is 0 Å². The largest absolute Gasteiger partial charge is 0.378 e. The second-order valence-corrected chi connectivity index (χ2v) is 5.33. The van der Waals surface area contributed by atoms with Crippen LogP contribution in [-0.2, 0) is 4.74 Å². The van der Waals surface area contributed by atoms with E-state index in [-0.39, 0.29) is 0 Å². The van der Waals surface area contributed by atoms with Crippen LogP contribution in [0.25, 0.3) is 10.9 Å². The summed E-state index contributed by atoms with van der Waals surface area (Å²) in [7, 11) is 2.02. The van der Waals surface area contributed by atoms with E-state index < -0.39 is 0 Å². The van der Waals surface area contributed by atoms with E-state index in [1.807, 2.05) is 19.3 Å². The van der Waals surface area contributed by atoms with Crippen molar-refractivity contribution in [2.45, 2.75) is 25.5 Å². The van der Waals surface area contributed by atoms with Gasteiger partial charge in [0.15, 0.2) is 0 Å². The number of nitrogens with zero attached hydrogens (tertiary/aromatic N) is 1. The molecule has 0 amide bonds. The third kappa shape index (κ3) is 2.36. The molecule has 1 saturated heterocycles. The van der Waals surface area contributed by atoms with Crippen molar-refractivity contribution in [3.8, 4) is 0 Å². The Kier molecular flexibility index (Phi) is 3.49. The van der Waals surface area contributed by atoms with Crippen LogP contribution in [0.1, 0.15) is 24.9 Å². The van der Waals surface area contributed by atoms with Crippen molar-refractivity contribution >= 4 is 10.9 Å². The lowest BCUT2D eigenvalue weighted by Gasteiger charge is -2.23. The first-order valence-electron chi connectivity index (χ1n) is 6.92. The zero-order valence-corrected chi connectivity index (χ0v) is 11.5. The first-order chi connectivity index (χ1) is 9.29. The molecule has 3 heteroatoms. The standard InChI is InChI=1S/C16H20N2O/c1-11-9-13(10-19-11)15(17-2)14-7-3-5-12-6-4-8-18-16(12)14/h3-8,11,13,15,17H,9-10H2,1-2H3. The smallest absolute Gasteiger partial charge is 0.0749 e. The number of hydrogen-bond donors (Lipinski definition) is 1. The fourth-order valence-electron chi connectivity index (χ4n) is 3.11. The van der Waals surface area contributed by atoms with Gasteiger partial charge in [-0.1, -0.05) is 24.3 Å². The lowest BCUT2D eigenvalue weighted by Crippen LogP contribution is -2.26. The van der Waals surface area contributed by atoms with Gasteiger partial charge in [-0.25, -0.2) is 0 Å². The molecule has 2 aromatic rings. The molecule has 0 spiro atoms. The van der Waals surface area contributed by atoms with Gasteiger partial charge in [-0.15, -0.1) is 0 Å². The Morgan fingerprint density at radius 1 is 1.32 bits per heavy atom. The van der Waals surface area contributed by atoms with Crippen LogP contribution in [0, 0.1) is 5.92 Å². The summed E-state index contributed by atoms with van der Waals surface area (Å²) < 4.78 is 5.72. The molecule has 1 aromatic heterocycles. The molecular formula is C16H20N2O. The van der Waals surface area contributed by atoms with Crippen LogP contribution >= 0.6 is 0 Å². The van der Waals surface area contributed by atoms with Crippen LogP contribution in [0.5, 0.6) is 0 Å². The van der Waals surface area contributed by atoms with Gasteiger partial charge in [0.2, 0.25) is 0 Å². The van der Waals surface area contributed by atoms with Crippen molar-refractivity contribution in [2.24, 2.45) is 5.92 Å². The van der Waals surface area contributed by atoms with E-state index in [1.54, 1.807) is 0 Å². The summed E-state index contributed by atoms with van der Waals surface area (Å²) in [6.45, 7) is 2.98. The Bertz CT molecular complexity index is 564. The van der Waals surface area contributed by atoms with E-state index in [2.05, 4.69) is 41.5 Å². The molecule has 3 atom stereocenters. The highest BCUT2D eigenvalue weighted by Crippen LogP contribution is 2.34. The average Bonchev–Trinajstić information content (AvgIpc) is 2.86. The van der Waals surface area contributed by atoms with Gasteiger partial charge in [0.1, 0.15) is 0 Å². The lowest BCUT2D eigenvalue weighted by molar-refractivity contribution is 0.117. The molecule has 100 valence electrons. The highest BCUT2D eigenvalue weighted by atomic mass is 16.5. The third-order valence-corrected chi connectivity index (χ3v) is 4.01. The molecule has 0 bridgehead atoms. The van der Waals surface area contributed by atoms with E-state index in [4.69, 9.17) is 4.74 Å². The summed E-state index contributed by atoms with van der Waals surface area (Å²) in [6.07, 6.45) is 3.34. The van der Waals surface area contributed by atoms with Gasteiger partial charge in [-0.3, -0.25) is 4.98 Å². The topological polar surface area (TPSA) is 34.2 Å². The van der Waals surface area contributed by atoms with E-state index in [0.717, 1.165) is 18.5 Å². The molecule has 3 nitrogen and oxygen atoms in total. The number of hydrogen-bond acceptors (Lipinski definition) is 3. The molecular weight excluding hydrogens is 236 g/mol. The molecule has 0 radical (unpaired) electrons. The molecule has 0 saturated carbocycles. The molecule has 1 N–H and O–H groups in total. The molecule has 1 fully saturated rings. The molecule has 1 aliphatic rings. The average molecular weight is 256 g/mol. The Morgan fingerprint density at radius 2 is 2.16 bits per heavy atom. The first kappa shape index (κ1) is 12.6. The molecule has 0 aliphatic carbocycles. The number of ether oxygens (including phenoxy) is 1. The quantitative estimate of drug-likeness (QED) is 0.917. The molecule has 3 unspecified atom stereocenters. The van der Waals surface area contributed by atoms with Crippen molar-refractivity contribution in [1.29, 1.82) is 0 Å². The maximum absolute atomic E-state index is 5.72. The summed E-state index contributed by atoms with van der Waals surface area (Å²) in [4.78, 5) is 4.56. The molecule has 3 rings (SSSR count). The first-order valence-corrected chi connectivity index (χ1v) is 6.92. The highest BCUT2D eigenvalue weighted by molar-refractivity contribution is 5.82.